The van der Waals surface area contributed by atoms with Gasteiger partial charge in [-0.1, -0.05) is 42.5 Å². The number of rotatable bonds is 6. The zero-order valence-corrected chi connectivity index (χ0v) is 15.8. The molecule has 4 nitrogen and oxygen atoms in total. The molecule has 1 aliphatic carbocycles. The lowest BCUT2D eigenvalue weighted by Gasteiger charge is -2.31. The van der Waals surface area contributed by atoms with Crippen LogP contribution >= 0.6 is 0 Å². The predicted molar refractivity (Wildman–Crippen MR) is 104 cm³/mol. The van der Waals surface area contributed by atoms with Crippen molar-refractivity contribution in [3.63, 3.8) is 0 Å². The number of hydrogen-bond donors (Lipinski definition) is 1. The van der Waals surface area contributed by atoms with Crippen LogP contribution in [-0.4, -0.2) is 38.4 Å². The Morgan fingerprint density at radius 2 is 1.46 bits per heavy atom. The van der Waals surface area contributed by atoms with Crippen LogP contribution in [0.25, 0.3) is 11.1 Å². The highest BCUT2D eigenvalue weighted by Crippen LogP contribution is 2.29. The fourth-order valence-electron chi connectivity index (χ4n) is 3.55. The molecule has 0 aromatic heterocycles. The van der Waals surface area contributed by atoms with Crippen molar-refractivity contribution < 1.29 is 8.42 Å². The van der Waals surface area contributed by atoms with Crippen LogP contribution in [0.5, 0.6) is 0 Å². The van der Waals surface area contributed by atoms with Crippen molar-refractivity contribution in [3.05, 3.63) is 54.6 Å². The molecular formula is C21H26N2O2S. The molecule has 0 atom stereocenters. The Kier molecular flexibility index (Phi) is 5.11. The lowest BCUT2D eigenvalue weighted by atomic mass is 10.1. The summed E-state index contributed by atoms with van der Waals surface area (Å²) in [6, 6.07) is 17.7. The lowest BCUT2D eigenvalue weighted by Crippen LogP contribution is -2.45. The maximum absolute atomic E-state index is 12.9. The van der Waals surface area contributed by atoms with Crippen molar-refractivity contribution in [1.29, 1.82) is 0 Å². The van der Waals surface area contributed by atoms with Gasteiger partial charge < -0.3 is 5.32 Å². The number of piperidine rings is 1. The van der Waals surface area contributed by atoms with E-state index in [1.54, 1.807) is 16.4 Å². The molecule has 1 heterocycles. The van der Waals surface area contributed by atoms with Crippen LogP contribution in [0, 0.1) is 5.92 Å². The quantitative estimate of drug-likeness (QED) is 0.847. The topological polar surface area (TPSA) is 49.4 Å². The van der Waals surface area contributed by atoms with Crippen LogP contribution in [-0.2, 0) is 10.0 Å². The zero-order valence-electron chi connectivity index (χ0n) is 15.0. The number of nitrogens with zero attached hydrogens (tertiary/aromatic N) is 1. The van der Waals surface area contributed by atoms with Crippen LogP contribution < -0.4 is 5.32 Å². The van der Waals surface area contributed by atoms with Gasteiger partial charge in [0, 0.05) is 19.1 Å². The monoisotopic (exact) mass is 370 g/mol. The summed E-state index contributed by atoms with van der Waals surface area (Å²) in [6.45, 7) is 2.30. The summed E-state index contributed by atoms with van der Waals surface area (Å²) in [5, 5.41) is 3.60. The van der Waals surface area contributed by atoms with Gasteiger partial charge in [0.2, 0.25) is 10.0 Å². The molecule has 0 unspecified atom stereocenters. The molecule has 2 aromatic carbocycles. The molecule has 2 aliphatic rings. The van der Waals surface area contributed by atoms with Crippen LogP contribution in [0.15, 0.2) is 59.5 Å². The molecule has 0 amide bonds. The summed E-state index contributed by atoms with van der Waals surface area (Å²) in [5.41, 5.74) is 2.13. The van der Waals surface area contributed by atoms with Crippen LogP contribution in [0.1, 0.15) is 25.7 Å². The van der Waals surface area contributed by atoms with Gasteiger partial charge in [0.15, 0.2) is 0 Å². The van der Waals surface area contributed by atoms with Crippen molar-refractivity contribution in [2.24, 2.45) is 5.92 Å². The Balaban J connectivity index is 1.40. The number of nitrogens with one attached hydrogen (secondary N) is 1. The van der Waals surface area contributed by atoms with E-state index < -0.39 is 10.0 Å². The maximum atomic E-state index is 12.9. The zero-order chi connectivity index (χ0) is 18.0. The number of benzene rings is 2. The van der Waals surface area contributed by atoms with Crippen LogP contribution in [0.3, 0.4) is 0 Å². The maximum Gasteiger partial charge on any atom is 0.243 e. The molecular weight excluding hydrogens is 344 g/mol. The second kappa shape index (κ2) is 7.51. The highest BCUT2D eigenvalue weighted by atomic mass is 32.2. The van der Waals surface area contributed by atoms with Gasteiger partial charge in [0.25, 0.3) is 0 Å². The van der Waals surface area contributed by atoms with E-state index in [1.807, 2.05) is 42.5 Å². The van der Waals surface area contributed by atoms with Gasteiger partial charge in [-0.15, -0.1) is 0 Å². The van der Waals surface area contributed by atoms with E-state index in [1.165, 1.54) is 12.8 Å². The molecule has 0 spiro atoms. The summed E-state index contributed by atoms with van der Waals surface area (Å²) < 4.78 is 27.5. The third-order valence-corrected chi connectivity index (χ3v) is 7.36. The molecule has 1 saturated heterocycles. The van der Waals surface area contributed by atoms with Crippen LogP contribution in [0.2, 0.25) is 0 Å². The number of hydrogen-bond acceptors (Lipinski definition) is 3. The second-order valence-corrected chi connectivity index (χ2v) is 9.36. The second-order valence-electron chi connectivity index (χ2n) is 7.42. The Bertz CT molecular complexity index is 822. The summed E-state index contributed by atoms with van der Waals surface area (Å²) in [7, 11) is -3.40. The number of sulfonamides is 1. The summed E-state index contributed by atoms with van der Waals surface area (Å²) in [4.78, 5) is 0.390. The molecule has 26 heavy (non-hydrogen) atoms. The molecule has 5 heteroatoms. The summed E-state index contributed by atoms with van der Waals surface area (Å²) >= 11 is 0. The predicted octanol–water partition coefficient (Wildman–Crippen LogP) is 3.51. The minimum absolute atomic E-state index is 0.390. The molecule has 1 aliphatic heterocycles. The van der Waals surface area contributed by atoms with Crippen molar-refractivity contribution in [2.45, 2.75) is 36.6 Å². The summed E-state index contributed by atoms with van der Waals surface area (Å²) in [6.07, 6.45) is 4.49. The minimum atomic E-state index is -3.40. The minimum Gasteiger partial charge on any atom is -0.314 e. The Hall–Kier alpha value is -1.69. The molecule has 2 fully saturated rings. The van der Waals surface area contributed by atoms with Gasteiger partial charge in [0.05, 0.1) is 4.90 Å². The molecule has 0 bridgehead atoms. The van der Waals surface area contributed by atoms with Gasteiger partial charge in [-0.25, -0.2) is 8.42 Å². The van der Waals surface area contributed by atoms with E-state index >= 15 is 0 Å². The van der Waals surface area contributed by atoms with E-state index in [0.29, 0.717) is 24.0 Å². The average Bonchev–Trinajstić information content (AvgIpc) is 3.52. The summed E-state index contributed by atoms with van der Waals surface area (Å²) in [5.74, 6) is 0.861. The largest absolute Gasteiger partial charge is 0.314 e. The van der Waals surface area contributed by atoms with Crippen molar-refractivity contribution in [3.8, 4) is 11.1 Å². The smallest absolute Gasteiger partial charge is 0.243 e. The Morgan fingerprint density at radius 1 is 0.846 bits per heavy atom. The molecule has 1 N–H and O–H groups in total. The first kappa shape index (κ1) is 17.7. The SMILES string of the molecule is O=S(=O)(c1ccc(-c2ccccc2)cc1)N1CCC(NCC2CC2)CC1. The van der Waals surface area contributed by atoms with Crippen molar-refractivity contribution in [1.82, 2.24) is 9.62 Å². The van der Waals surface area contributed by atoms with E-state index in [4.69, 9.17) is 0 Å². The fraction of sp³-hybridized carbons (Fsp3) is 0.429. The highest BCUT2D eigenvalue weighted by Gasteiger charge is 2.30. The van der Waals surface area contributed by atoms with Gasteiger partial charge in [-0.2, -0.15) is 4.31 Å². The van der Waals surface area contributed by atoms with E-state index in [-0.39, 0.29) is 0 Å². The van der Waals surface area contributed by atoms with Crippen molar-refractivity contribution in [2.75, 3.05) is 19.6 Å². The van der Waals surface area contributed by atoms with Gasteiger partial charge >= 0.3 is 0 Å². The Labute approximate surface area is 156 Å². The molecule has 0 radical (unpaired) electrons. The van der Waals surface area contributed by atoms with Crippen molar-refractivity contribution >= 4 is 10.0 Å². The lowest BCUT2D eigenvalue weighted by molar-refractivity contribution is 0.288. The first-order valence-electron chi connectivity index (χ1n) is 9.52. The van der Waals surface area contributed by atoms with Gasteiger partial charge in [0.1, 0.15) is 0 Å². The average molecular weight is 371 g/mol. The van der Waals surface area contributed by atoms with Gasteiger partial charge in [-0.05, 0) is 61.4 Å². The first-order chi connectivity index (χ1) is 12.6. The van der Waals surface area contributed by atoms with Crippen LogP contribution in [0.4, 0.5) is 0 Å². The third-order valence-electron chi connectivity index (χ3n) is 5.45. The van der Waals surface area contributed by atoms with E-state index in [2.05, 4.69) is 5.32 Å². The molecule has 1 saturated carbocycles. The van der Waals surface area contributed by atoms with E-state index in [9.17, 15) is 8.42 Å². The standard InChI is InChI=1S/C21H26N2O2S/c24-26(25,23-14-12-20(13-15-23)22-16-17-6-7-17)21-10-8-19(9-11-21)18-4-2-1-3-5-18/h1-5,8-11,17,20,22H,6-7,12-16H2. The fourth-order valence-corrected chi connectivity index (χ4v) is 5.02. The first-order valence-corrected chi connectivity index (χ1v) is 11.0. The highest BCUT2D eigenvalue weighted by molar-refractivity contribution is 7.89. The normalized spacial score (nSPS) is 19.5. The molecule has 4 rings (SSSR count). The molecule has 2 aromatic rings. The third kappa shape index (κ3) is 4.00. The van der Waals surface area contributed by atoms with Gasteiger partial charge in [-0.3, -0.25) is 0 Å². The Morgan fingerprint density at radius 3 is 2.08 bits per heavy atom. The van der Waals surface area contributed by atoms with E-state index in [0.717, 1.165) is 36.4 Å². The molecule has 138 valence electrons.